The molecule has 2 saturated heterocycles. The quantitative estimate of drug-likeness (QED) is 0.502. The molecular weight excluding hydrogens is 367 g/mol. The molecule has 0 spiro atoms. The fourth-order valence-electron chi connectivity index (χ4n) is 4.06. The Balaban J connectivity index is 1.29. The van der Waals surface area contributed by atoms with Crippen LogP contribution in [0.3, 0.4) is 0 Å². The summed E-state index contributed by atoms with van der Waals surface area (Å²) >= 11 is 0. The van der Waals surface area contributed by atoms with Crippen LogP contribution >= 0.6 is 0 Å². The normalized spacial score (nSPS) is 27.9. The second-order valence-electron chi connectivity index (χ2n) is 7.61. The molecule has 146 valence electrons. The number of carbonyl (C=O) groups is 2. The van der Waals surface area contributed by atoms with Gasteiger partial charge < -0.3 is 34.8 Å². The van der Waals surface area contributed by atoms with Gasteiger partial charge in [0.05, 0.1) is 31.1 Å². The van der Waals surface area contributed by atoms with Crippen molar-refractivity contribution in [1.29, 1.82) is 0 Å². The third-order valence-corrected chi connectivity index (χ3v) is 5.66. The molecule has 28 heavy (non-hydrogen) atoms. The van der Waals surface area contributed by atoms with E-state index in [4.69, 9.17) is 9.39 Å². The number of likely N-dealkylation sites (tertiary alicyclic amines) is 1. The van der Waals surface area contributed by atoms with Gasteiger partial charge in [0.1, 0.15) is 23.2 Å². The van der Waals surface area contributed by atoms with Crippen LogP contribution in [0, 0.1) is 0 Å². The van der Waals surface area contributed by atoms with E-state index in [9.17, 15) is 24.8 Å². The van der Waals surface area contributed by atoms with E-state index in [0.29, 0.717) is 31.6 Å². The average molecular weight is 386 g/mol. The van der Waals surface area contributed by atoms with Crippen molar-refractivity contribution in [3.63, 3.8) is 0 Å². The van der Waals surface area contributed by atoms with Crippen LogP contribution in [-0.2, 0) is 4.79 Å². The first kappa shape index (κ1) is 17.5. The Hall–Kier alpha value is -2.56. The molecule has 10 heteroatoms. The molecule has 5 rings (SSSR count). The van der Waals surface area contributed by atoms with Crippen molar-refractivity contribution in [3.8, 4) is 11.5 Å². The fourth-order valence-corrected chi connectivity index (χ4v) is 4.06. The van der Waals surface area contributed by atoms with Gasteiger partial charge in [0, 0.05) is 12.1 Å². The highest BCUT2D eigenvalue weighted by Crippen LogP contribution is 2.54. The highest BCUT2D eigenvalue weighted by atomic mass is 16.5. The zero-order valence-electron chi connectivity index (χ0n) is 14.9. The number of amides is 1. The maximum absolute atomic E-state index is 12.4. The number of fused-ring (bicyclic) bond motifs is 3. The lowest BCUT2D eigenvalue weighted by molar-refractivity contribution is -0.142. The number of hydrogen-bond donors (Lipinski definition) is 4. The Kier molecular flexibility index (Phi) is 3.90. The zero-order valence-corrected chi connectivity index (χ0v) is 14.9. The number of carbonyl (C=O) groups excluding carboxylic acids is 1. The molecule has 4 N–H and O–H groups in total. The predicted octanol–water partition coefficient (Wildman–Crippen LogP) is -0.663. The highest BCUT2D eigenvalue weighted by Gasteiger charge is 2.47. The summed E-state index contributed by atoms with van der Waals surface area (Å²) in [4.78, 5) is 25.8. The number of ether oxygens (including phenoxy) is 1. The van der Waals surface area contributed by atoms with E-state index >= 15 is 0 Å². The van der Waals surface area contributed by atoms with Gasteiger partial charge in [-0.1, -0.05) is 6.08 Å². The lowest BCUT2D eigenvalue weighted by atomic mass is 9.75. The van der Waals surface area contributed by atoms with E-state index in [0.717, 1.165) is 5.57 Å². The number of nitrogens with zero attached hydrogens (tertiary/aromatic N) is 1. The first-order valence-corrected chi connectivity index (χ1v) is 9.26. The molecule has 1 amide bonds. The van der Waals surface area contributed by atoms with Crippen molar-refractivity contribution >= 4 is 24.6 Å². The molecule has 1 aromatic carbocycles. The minimum absolute atomic E-state index is 0.0848. The van der Waals surface area contributed by atoms with E-state index in [1.807, 2.05) is 6.08 Å². The average Bonchev–Trinajstić information content (AvgIpc) is 3.31. The molecule has 0 bridgehead atoms. The van der Waals surface area contributed by atoms with Gasteiger partial charge in [0.25, 0.3) is 0 Å². The SMILES string of the molecule is O=C(O)c1c(OC2CN(C(=O)[C@H]3C[C@@H](O)CN3)C2)ccc2c1OB(O)[C@H]1C=C21. The number of aromatic carboxylic acids is 1. The maximum Gasteiger partial charge on any atom is 0.534 e. The number of benzene rings is 1. The maximum atomic E-state index is 12.4. The van der Waals surface area contributed by atoms with Gasteiger partial charge in [-0.25, -0.2) is 4.79 Å². The highest BCUT2D eigenvalue weighted by molar-refractivity contribution is 6.54. The van der Waals surface area contributed by atoms with E-state index < -0.39 is 19.2 Å². The summed E-state index contributed by atoms with van der Waals surface area (Å²) in [5.41, 5.74) is 1.43. The Morgan fingerprint density at radius 2 is 2.11 bits per heavy atom. The first-order valence-electron chi connectivity index (χ1n) is 9.26. The molecule has 1 aromatic rings. The standard InChI is InChI=1S/C18H19BN2O7/c22-8-3-13(20-5-8)17(23)21-6-9(7-21)27-14-2-1-10-11-4-12(11)19(26)28-16(10)15(14)18(24)25/h1-2,4,8-9,12-13,20,22,26H,3,5-7H2,(H,24,25)/t8-,12+,13-/m1/s1. The summed E-state index contributed by atoms with van der Waals surface area (Å²) in [6.45, 7) is 1.10. The topological polar surface area (TPSA) is 129 Å². The number of aliphatic hydroxyl groups is 1. The number of carboxylic acid groups (broad SMARTS) is 1. The Bertz CT molecular complexity index is 898. The molecule has 0 radical (unpaired) electrons. The van der Waals surface area contributed by atoms with Gasteiger partial charge in [-0.3, -0.25) is 4.79 Å². The predicted molar refractivity (Wildman–Crippen MR) is 97.1 cm³/mol. The molecule has 0 unspecified atom stereocenters. The van der Waals surface area contributed by atoms with Crippen molar-refractivity contribution in [2.24, 2.45) is 0 Å². The lowest BCUT2D eigenvalue weighted by Gasteiger charge is -2.40. The van der Waals surface area contributed by atoms with Crippen LogP contribution in [0.2, 0.25) is 5.82 Å². The third-order valence-electron chi connectivity index (χ3n) is 5.66. The Morgan fingerprint density at radius 3 is 2.79 bits per heavy atom. The van der Waals surface area contributed by atoms with E-state index in [2.05, 4.69) is 5.32 Å². The van der Waals surface area contributed by atoms with Crippen LogP contribution in [0.1, 0.15) is 22.3 Å². The third kappa shape index (κ3) is 2.76. The molecule has 2 fully saturated rings. The molecule has 0 saturated carbocycles. The number of nitrogens with one attached hydrogen (secondary N) is 1. The van der Waals surface area contributed by atoms with Gasteiger partial charge in [-0.05, 0) is 24.1 Å². The van der Waals surface area contributed by atoms with Gasteiger partial charge in [0.2, 0.25) is 5.91 Å². The number of hydrogen-bond acceptors (Lipinski definition) is 7. The van der Waals surface area contributed by atoms with Crippen molar-refractivity contribution < 1.29 is 34.2 Å². The van der Waals surface area contributed by atoms with Gasteiger partial charge in [-0.2, -0.15) is 0 Å². The molecule has 3 aliphatic heterocycles. The van der Waals surface area contributed by atoms with E-state index in [-0.39, 0.29) is 40.9 Å². The number of carboxylic acids is 1. The van der Waals surface area contributed by atoms with E-state index in [1.165, 1.54) is 0 Å². The molecular formula is C18H19BN2O7. The molecule has 3 heterocycles. The van der Waals surface area contributed by atoms with Crippen molar-refractivity contribution in [1.82, 2.24) is 10.2 Å². The number of rotatable bonds is 4. The second kappa shape index (κ2) is 6.23. The Labute approximate surface area is 160 Å². The van der Waals surface area contributed by atoms with Crippen LogP contribution in [0.25, 0.3) is 5.57 Å². The minimum Gasteiger partial charge on any atom is -0.534 e. The summed E-state index contributed by atoms with van der Waals surface area (Å²) in [6.07, 6.45) is 1.40. The summed E-state index contributed by atoms with van der Waals surface area (Å²) < 4.78 is 11.3. The minimum atomic E-state index is -1.20. The molecule has 3 atom stereocenters. The monoisotopic (exact) mass is 386 g/mol. The summed E-state index contributed by atoms with van der Waals surface area (Å²) in [5.74, 6) is -1.18. The fraction of sp³-hybridized carbons (Fsp3) is 0.444. The number of β-amino-alcohol motifs (C(OH)–C–C–N with tert-alkyl or cyclic N) is 1. The second-order valence-corrected chi connectivity index (χ2v) is 7.61. The van der Waals surface area contributed by atoms with Gasteiger partial charge in [-0.15, -0.1) is 0 Å². The van der Waals surface area contributed by atoms with Crippen LogP contribution < -0.4 is 14.7 Å². The van der Waals surface area contributed by atoms with Crippen LogP contribution in [0.15, 0.2) is 18.2 Å². The smallest absolute Gasteiger partial charge is 0.534 e. The van der Waals surface area contributed by atoms with Crippen molar-refractivity contribution in [2.75, 3.05) is 19.6 Å². The summed E-state index contributed by atoms with van der Waals surface area (Å²) in [6, 6.07) is 2.95. The van der Waals surface area contributed by atoms with Gasteiger partial charge in [0.15, 0.2) is 0 Å². The van der Waals surface area contributed by atoms with Crippen LogP contribution in [-0.4, -0.2) is 77.0 Å². The number of aliphatic hydroxyl groups excluding tert-OH is 1. The zero-order chi connectivity index (χ0) is 19.6. The van der Waals surface area contributed by atoms with Crippen LogP contribution in [0.4, 0.5) is 0 Å². The van der Waals surface area contributed by atoms with Crippen LogP contribution in [0.5, 0.6) is 11.5 Å². The van der Waals surface area contributed by atoms with E-state index in [1.54, 1.807) is 17.0 Å². The number of allylic oxidation sites excluding steroid dienone is 2. The first-order chi connectivity index (χ1) is 13.4. The molecule has 4 aliphatic rings. The lowest BCUT2D eigenvalue weighted by Crippen LogP contribution is -2.59. The Morgan fingerprint density at radius 1 is 1.32 bits per heavy atom. The largest absolute Gasteiger partial charge is 0.534 e. The van der Waals surface area contributed by atoms with Crippen molar-refractivity contribution in [3.05, 3.63) is 29.3 Å². The summed E-state index contributed by atoms with van der Waals surface area (Å²) in [7, 11) is -1.08. The van der Waals surface area contributed by atoms with Crippen molar-refractivity contribution in [2.45, 2.75) is 30.5 Å². The molecule has 9 nitrogen and oxygen atoms in total. The summed E-state index contributed by atoms with van der Waals surface area (Å²) in [5, 5.41) is 32.1. The van der Waals surface area contributed by atoms with Gasteiger partial charge >= 0.3 is 13.1 Å². The molecule has 0 aromatic heterocycles. The molecule has 1 aliphatic carbocycles.